The fourth-order valence-electron chi connectivity index (χ4n) is 2.06. The van der Waals surface area contributed by atoms with Crippen LogP contribution >= 0.6 is 0 Å². The van der Waals surface area contributed by atoms with Crippen molar-refractivity contribution in [1.29, 1.82) is 5.26 Å². The Morgan fingerprint density at radius 2 is 2.21 bits per heavy atom. The van der Waals surface area contributed by atoms with E-state index in [4.69, 9.17) is 10.00 Å². The van der Waals surface area contributed by atoms with Crippen molar-refractivity contribution >= 4 is 11.9 Å². The number of amides is 1. The molecule has 0 N–H and O–H groups in total. The van der Waals surface area contributed by atoms with E-state index in [9.17, 15) is 9.59 Å². The molecule has 1 saturated heterocycles. The van der Waals surface area contributed by atoms with E-state index in [2.05, 4.69) is 6.07 Å². The molecule has 0 aliphatic carbocycles. The maximum atomic E-state index is 12.0. The summed E-state index contributed by atoms with van der Waals surface area (Å²) in [5.41, 5.74) is -0.519. The summed E-state index contributed by atoms with van der Waals surface area (Å²) in [7, 11) is 0. The number of carbonyl (C=O) groups is 2. The fourth-order valence-corrected chi connectivity index (χ4v) is 2.06. The van der Waals surface area contributed by atoms with Gasteiger partial charge in [0.1, 0.15) is 5.60 Å². The molecule has 2 unspecified atom stereocenters. The largest absolute Gasteiger partial charge is 0.460 e. The molecule has 0 aromatic carbocycles. The maximum Gasteiger partial charge on any atom is 0.311 e. The van der Waals surface area contributed by atoms with Gasteiger partial charge in [0, 0.05) is 19.5 Å². The Kier molecular flexibility index (Phi) is 4.93. The minimum atomic E-state index is -0.519. The summed E-state index contributed by atoms with van der Waals surface area (Å²) >= 11 is 0. The summed E-state index contributed by atoms with van der Waals surface area (Å²) in [6.45, 7) is 8.15. The SMILES string of the molecule is CCC(CN1CC(C#N)CC1=O)C(=O)OC(C)(C)C. The maximum absolute atomic E-state index is 12.0. The van der Waals surface area contributed by atoms with E-state index in [0.717, 1.165) is 0 Å². The molecular weight excluding hydrogens is 244 g/mol. The molecule has 2 atom stereocenters. The summed E-state index contributed by atoms with van der Waals surface area (Å²) in [6.07, 6.45) is 0.886. The number of hydrogen-bond donors (Lipinski definition) is 0. The smallest absolute Gasteiger partial charge is 0.311 e. The molecule has 5 nitrogen and oxygen atoms in total. The van der Waals surface area contributed by atoms with E-state index in [1.54, 1.807) is 4.90 Å². The predicted molar refractivity (Wildman–Crippen MR) is 69.9 cm³/mol. The number of carbonyl (C=O) groups excluding carboxylic acids is 2. The minimum absolute atomic E-state index is 0.0476. The molecule has 0 aromatic heterocycles. The van der Waals surface area contributed by atoms with Crippen LogP contribution in [0.15, 0.2) is 0 Å². The van der Waals surface area contributed by atoms with Gasteiger partial charge >= 0.3 is 5.97 Å². The van der Waals surface area contributed by atoms with Crippen molar-refractivity contribution in [2.45, 2.75) is 46.1 Å². The molecule has 0 spiro atoms. The highest BCUT2D eigenvalue weighted by molar-refractivity contribution is 5.80. The molecule has 0 radical (unpaired) electrons. The van der Waals surface area contributed by atoms with E-state index in [0.29, 0.717) is 19.5 Å². The van der Waals surface area contributed by atoms with Crippen molar-refractivity contribution in [3.05, 3.63) is 0 Å². The Balaban J connectivity index is 2.60. The second kappa shape index (κ2) is 6.05. The van der Waals surface area contributed by atoms with Gasteiger partial charge in [-0.1, -0.05) is 6.92 Å². The first-order chi connectivity index (χ1) is 8.76. The third-order valence-corrected chi connectivity index (χ3v) is 3.07. The zero-order chi connectivity index (χ0) is 14.6. The Morgan fingerprint density at radius 3 is 2.63 bits per heavy atom. The number of rotatable bonds is 4. The average Bonchev–Trinajstić information content (AvgIpc) is 2.64. The Labute approximate surface area is 114 Å². The standard InChI is InChI=1S/C14H22N2O3/c1-5-11(13(18)19-14(2,3)4)9-16-8-10(7-15)6-12(16)17/h10-11H,5-6,8-9H2,1-4H3. The monoisotopic (exact) mass is 266 g/mol. The zero-order valence-corrected chi connectivity index (χ0v) is 12.1. The molecule has 1 amide bonds. The van der Waals surface area contributed by atoms with Gasteiger partial charge in [0.15, 0.2) is 0 Å². The molecule has 1 heterocycles. The number of ether oxygens (including phenoxy) is 1. The highest BCUT2D eigenvalue weighted by atomic mass is 16.6. The molecule has 0 bridgehead atoms. The van der Waals surface area contributed by atoms with E-state index in [1.165, 1.54) is 0 Å². The van der Waals surface area contributed by atoms with Gasteiger partial charge in [-0.25, -0.2) is 0 Å². The van der Waals surface area contributed by atoms with Crippen molar-refractivity contribution in [3.63, 3.8) is 0 Å². The van der Waals surface area contributed by atoms with E-state index >= 15 is 0 Å². The third kappa shape index (κ3) is 4.55. The van der Waals surface area contributed by atoms with Crippen molar-refractivity contribution in [2.24, 2.45) is 11.8 Å². The molecule has 1 rings (SSSR count). The van der Waals surface area contributed by atoms with Crippen LogP contribution in [-0.4, -0.2) is 35.5 Å². The molecule has 19 heavy (non-hydrogen) atoms. The highest BCUT2D eigenvalue weighted by Gasteiger charge is 2.33. The Hall–Kier alpha value is -1.57. The highest BCUT2D eigenvalue weighted by Crippen LogP contribution is 2.21. The van der Waals surface area contributed by atoms with Crippen LogP contribution in [0.3, 0.4) is 0 Å². The first kappa shape index (κ1) is 15.5. The molecular formula is C14H22N2O3. The lowest BCUT2D eigenvalue weighted by atomic mass is 10.1. The summed E-state index contributed by atoms with van der Waals surface area (Å²) in [6, 6.07) is 2.10. The summed E-state index contributed by atoms with van der Waals surface area (Å²) in [5, 5.41) is 8.83. The molecule has 0 aromatic rings. The molecule has 0 saturated carbocycles. The number of hydrogen-bond acceptors (Lipinski definition) is 4. The fraction of sp³-hybridized carbons (Fsp3) is 0.786. The first-order valence-corrected chi connectivity index (χ1v) is 6.67. The molecule has 1 aliphatic heterocycles. The lowest BCUT2D eigenvalue weighted by Crippen LogP contribution is -2.37. The van der Waals surface area contributed by atoms with Crippen LogP contribution in [0.5, 0.6) is 0 Å². The van der Waals surface area contributed by atoms with Crippen LogP contribution in [0.4, 0.5) is 0 Å². The van der Waals surface area contributed by atoms with E-state index < -0.39 is 5.60 Å². The van der Waals surface area contributed by atoms with Crippen LogP contribution in [0.25, 0.3) is 0 Å². The van der Waals surface area contributed by atoms with Crippen molar-refractivity contribution in [1.82, 2.24) is 4.90 Å². The summed E-state index contributed by atoms with van der Waals surface area (Å²) in [5.74, 6) is -0.888. The van der Waals surface area contributed by atoms with Gasteiger partial charge < -0.3 is 9.64 Å². The van der Waals surface area contributed by atoms with Gasteiger partial charge in [0.2, 0.25) is 5.91 Å². The van der Waals surface area contributed by atoms with Gasteiger partial charge in [-0.15, -0.1) is 0 Å². The van der Waals surface area contributed by atoms with Gasteiger partial charge in [0.25, 0.3) is 0 Å². The van der Waals surface area contributed by atoms with Gasteiger partial charge in [-0.2, -0.15) is 5.26 Å². The van der Waals surface area contributed by atoms with Crippen LogP contribution in [0.2, 0.25) is 0 Å². The molecule has 1 aliphatic rings. The predicted octanol–water partition coefficient (Wildman–Crippen LogP) is 1.73. The van der Waals surface area contributed by atoms with Gasteiger partial charge in [0.05, 0.1) is 17.9 Å². The zero-order valence-electron chi connectivity index (χ0n) is 12.1. The van der Waals surface area contributed by atoms with Crippen LogP contribution in [0, 0.1) is 23.2 Å². The Bertz CT molecular complexity index is 392. The number of nitrogens with zero attached hydrogens (tertiary/aromatic N) is 2. The van der Waals surface area contributed by atoms with Crippen LogP contribution < -0.4 is 0 Å². The molecule has 5 heteroatoms. The first-order valence-electron chi connectivity index (χ1n) is 6.67. The average molecular weight is 266 g/mol. The third-order valence-electron chi connectivity index (χ3n) is 3.07. The number of esters is 1. The van der Waals surface area contributed by atoms with E-state index in [-0.39, 0.29) is 30.1 Å². The normalized spacial score (nSPS) is 21.1. The lowest BCUT2D eigenvalue weighted by molar-refractivity contribution is -0.160. The van der Waals surface area contributed by atoms with Gasteiger partial charge in [-0.3, -0.25) is 9.59 Å². The lowest BCUT2D eigenvalue weighted by Gasteiger charge is -2.26. The molecule has 106 valence electrons. The second-order valence-corrected chi connectivity index (χ2v) is 5.97. The van der Waals surface area contributed by atoms with Crippen molar-refractivity contribution in [3.8, 4) is 6.07 Å². The topological polar surface area (TPSA) is 70.4 Å². The Morgan fingerprint density at radius 1 is 1.58 bits per heavy atom. The van der Waals surface area contributed by atoms with E-state index in [1.807, 2.05) is 27.7 Å². The summed E-state index contributed by atoms with van der Waals surface area (Å²) < 4.78 is 5.35. The molecule has 1 fully saturated rings. The number of nitriles is 1. The second-order valence-electron chi connectivity index (χ2n) is 5.97. The van der Waals surface area contributed by atoms with Crippen LogP contribution in [-0.2, 0) is 14.3 Å². The minimum Gasteiger partial charge on any atom is -0.460 e. The van der Waals surface area contributed by atoms with Crippen molar-refractivity contribution < 1.29 is 14.3 Å². The quantitative estimate of drug-likeness (QED) is 0.726. The summed E-state index contributed by atoms with van der Waals surface area (Å²) in [4.78, 5) is 25.3. The van der Waals surface area contributed by atoms with Gasteiger partial charge in [-0.05, 0) is 27.2 Å². The van der Waals surface area contributed by atoms with Crippen LogP contribution in [0.1, 0.15) is 40.5 Å². The van der Waals surface area contributed by atoms with Crippen molar-refractivity contribution in [2.75, 3.05) is 13.1 Å². The number of likely N-dealkylation sites (tertiary alicyclic amines) is 1.